The van der Waals surface area contributed by atoms with E-state index in [4.69, 9.17) is 11.6 Å². The molecule has 29 heavy (non-hydrogen) atoms. The van der Waals surface area contributed by atoms with Crippen LogP contribution in [0.25, 0.3) is 0 Å². The Balaban J connectivity index is 1.75. The lowest BCUT2D eigenvalue weighted by molar-refractivity contribution is 0.0994. The van der Waals surface area contributed by atoms with Crippen molar-refractivity contribution in [3.63, 3.8) is 0 Å². The Morgan fingerprint density at radius 3 is 2.59 bits per heavy atom. The van der Waals surface area contributed by atoms with Crippen LogP contribution in [0.4, 0.5) is 23.0 Å². The second-order valence-electron chi connectivity index (χ2n) is 6.99. The molecule has 3 aromatic rings. The largest absolute Gasteiger partial charge is 0.370 e. The fourth-order valence-electron chi connectivity index (χ4n) is 3.58. The van der Waals surface area contributed by atoms with Crippen LogP contribution in [-0.2, 0) is 6.54 Å². The number of carbonyl (C=O) groups is 1. The van der Waals surface area contributed by atoms with Crippen LogP contribution in [-0.4, -0.2) is 36.5 Å². The van der Waals surface area contributed by atoms with Gasteiger partial charge in [-0.25, -0.2) is 9.97 Å². The van der Waals surface area contributed by atoms with Gasteiger partial charge >= 0.3 is 0 Å². The maximum absolute atomic E-state index is 13.2. The van der Waals surface area contributed by atoms with Crippen molar-refractivity contribution in [3.8, 4) is 0 Å². The summed E-state index contributed by atoms with van der Waals surface area (Å²) in [7, 11) is 3.78. The molecule has 148 valence electrons. The van der Waals surface area contributed by atoms with Gasteiger partial charge in [0.25, 0.3) is 5.91 Å². The Labute approximate surface area is 175 Å². The van der Waals surface area contributed by atoms with E-state index in [0.29, 0.717) is 41.1 Å². The molecule has 0 saturated heterocycles. The molecule has 0 fully saturated rings. The van der Waals surface area contributed by atoms with Crippen LogP contribution in [0.1, 0.15) is 22.8 Å². The maximum atomic E-state index is 13.2. The lowest BCUT2D eigenvalue weighted by Crippen LogP contribution is -2.26. The average molecular weight is 408 g/mol. The van der Waals surface area contributed by atoms with E-state index >= 15 is 0 Å². The molecule has 1 amide bonds. The van der Waals surface area contributed by atoms with Gasteiger partial charge in [-0.2, -0.15) is 0 Å². The van der Waals surface area contributed by atoms with E-state index in [-0.39, 0.29) is 5.91 Å². The van der Waals surface area contributed by atoms with E-state index in [0.717, 1.165) is 11.3 Å². The second-order valence-corrected chi connectivity index (χ2v) is 7.38. The molecule has 6 nitrogen and oxygen atoms in total. The van der Waals surface area contributed by atoms with Crippen molar-refractivity contribution >= 4 is 40.5 Å². The molecule has 1 aliphatic heterocycles. The number of para-hydroxylation sites is 1. The summed E-state index contributed by atoms with van der Waals surface area (Å²) in [4.78, 5) is 28.0. The summed E-state index contributed by atoms with van der Waals surface area (Å²) in [5.74, 6) is 1.12. The van der Waals surface area contributed by atoms with Gasteiger partial charge in [-0.3, -0.25) is 4.79 Å². The predicted octanol–water partition coefficient (Wildman–Crippen LogP) is 4.51. The van der Waals surface area contributed by atoms with Crippen molar-refractivity contribution in [2.24, 2.45) is 0 Å². The molecule has 0 unspecified atom stereocenters. The number of anilines is 4. The number of amides is 1. The number of nitrogens with zero attached hydrogens (tertiary/aromatic N) is 5. The van der Waals surface area contributed by atoms with Gasteiger partial charge in [0.05, 0.1) is 11.3 Å². The number of hydrogen-bond donors (Lipinski definition) is 0. The monoisotopic (exact) mass is 407 g/mol. The summed E-state index contributed by atoms with van der Waals surface area (Å²) in [5.41, 5.74) is 3.34. The first-order chi connectivity index (χ1) is 14.0. The smallest absolute Gasteiger partial charge is 0.261 e. The van der Waals surface area contributed by atoms with Crippen molar-refractivity contribution < 1.29 is 4.79 Å². The van der Waals surface area contributed by atoms with Crippen molar-refractivity contribution in [1.82, 2.24) is 9.97 Å². The highest BCUT2D eigenvalue weighted by Gasteiger charge is 2.31. The summed E-state index contributed by atoms with van der Waals surface area (Å²) in [6.07, 6.45) is 1.82. The summed E-state index contributed by atoms with van der Waals surface area (Å²) in [6.45, 7) is 3.26. The van der Waals surface area contributed by atoms with E-state index < -0.39 is 0 Å². The average Bonchev–Trinajstić information content (AvgIpc) is 2.82. The van der Waals surface area contributed by atoms with Crippen LogP contribution in [0.15, 0.2) is 54.7 Å². The Kier molecular flexibility index (Phi) is 5.11. The van der Waals surface area contributed by atoms with Gasteiger partial charge < -0.3 is 14.7 Å². The minimum absolute atomic E-state index is 0.113. The van der Waals surface area contributed by atoms with Crippen LogP contribution in [0.2, 0.25) is 5.15 Å². The predicted molar refractivity (Wildman–Crippen MR) is 117 cm³/mol. The number of halogens is 1. The highest BCUT2D eigenvalue weighted by Crippen LogP contribution is 2.38. The van der Waals surface area contributed by atoms with Crippen LogP contribution < -0.4 is 14.7 Å². The molecule has 0 aliphatic carbocycles. The number of carbonyl (C=O) groups excluding carboxylic acids is 1. The SMILES string of the molecule is CCN1c2ncc(CN(C)c3ccccc3)cc2C(=O)N(C)c2ccc(Cl)nc21. The van der Waals surface area contributed by atoms with Crippen LogP contribution in [0.3, 0.4) is 0 Å². The molecule has 0 spiro atoms. The molecule has 1 aromatic carbocycles. The zero-order valence-corrected chi connectivity index (χ0v) is 17.4. The minimum atomic E-state index is -0.113. The molecule has 0 radical (unpaired) electrons. The van der Waals surface area contributed by atoms with E-state index in [1.807, 2.05) is 55.4 Å². The number of benzene rings is 1. The quantitative estimate of drug-likeness (QED) is 0.595. The van der Waals surface area contributed by atoms with Gasteiger partial charge in [0.15, 0.2) is 5.82 Å². The third-order valence-corrected chi connectivity index (χ3v) is 5.30. The lowest BCUT2D eigenvalue weighted by atomic mass is 10.1. The summed E-state index contributed by atoms with van der Waals surface area (Å²) in [5, 5.41) is 0.382. The van der Waals surface area contributed by atoms with Crippen molar-refractivity contribution in [2.45, 2.75) is 13.5 Å². The van der Waals surface area contributed by atoms with Crippen LogP contribution >= 0.6 is 11.6 Å². The van der Waals surface area contributed by atoms with Crippen molar-refractivity contribution in [2.75, 3.05) is 35.3 Å². The van der Waals surface area contributed by atoms with E-state index in [2.05, 4.69) is 27.0 Å². The maximum Gasteiger partial charge on any atom is 0.261 e. The lowest BCUT2D eigenvalue weighted by Gasteiger charge is -2.23. The normalized spacial score (nSPS) is 13.0. The topological polar surface area (TPSA) is 52.6 Å². The van der Waals surface area contributed by atoms with Gasteiger partial charge in [-0.15, -0.1) is 0 Å². The Morgan fingerprint density at radius 2 is 1.86 bits per heavy atom. The standard InChI is InChI=1S/C22H22ClN5O/c1-4-28-20-17(22(29)27(3)18-10-11-19(23)25-21(18)28)12-15(13-24-20)14-26(2)16-8-6-5-7-9-16/h5-13H,4,14H2,1-3H3. The van der Waals surface area contributed by atoms with Crippen LogP contribution in [0, 0.1) is 0 Å². The summed E-state index contributed by atoms with van der Waals surface area (Å²) < 4.78 is 0. The van der Waals surface area contributed by atoms with Gasteiger partial charge in [-0.1, -0.05) is 29.8 Å². The number of aromatic nitrogens is 2. The highest BCUT2D eigenvalue weighted by atomic mass is 35.5. The van der Waals surface area contributed by atoms with Gasteiger partial charge in [0, 0.05) is 39.1 Å². The molecule has 1 aliphatic rings. The molecule has 4 rings (SSSR count). The Morgan fingerprint density at radius 1 is 1.10 bits per heavy atom. The number of rotatable bonds is 4. The van der Waals surface area contributed by atoms with Crippen LogP contribution in [0.5, 0.6) is 0 Å². The molecule has 0 atom stereocenters. The molecule has 0 bridgehead atoms. The van der Waals surface area contributed by atoms with Gasteiger partial charge in [0.1, 0.15) is 11.0 Å². The highest BCUT2D eigenvalue weighted by molar-refractivity contribution is 6.29. The second kappa shape index (κ2) is 7.72. The molecule has 7 heteroatoms. The zero-order chi connectivity index (χ0) is 20.5. The zero-order valence-electron chi connectivity index (χ0n) is 16.6. The molecule has 0 saturated carbocycles. The van der Waals surface area contributed by atoms with Gasteiger partial charge in [-0.05, 0) is 42.8 Å². The Bertz CT molecular complexity index is 1060. The molecule has 3 heterocycles. The number of fused-ring (bicyclic) bond motifs is 2. The van der Waals surface area contributed by atoms with E-state index in [1.165, 1.54) is 0 Å². The molecule has 2 aromatic heterocycles. The molecular weight excluding hydrogens is 386 g/mol. The first-order valence-corrected chi connectivity index (χ1v) is 9.84. The van der Waals surface area contributed by atoms with E-state index in [1.54, 1.807) is 18.0 Å². The fourth-order valence-corrected chi connectivity index (χ4v) is 3.72. The summed E-state index contributed by atoms with van der Waals surface area (Å²) >= 11 is 6.14. The third-order valence-electron chi connectivity index (χ3n) is 5.08. The molecule has 0 N–H and O–H groups in total. The van der Waals surface area contributed by atoms with Crippen molar-refractivity contribution in [3.05, 3.63) is 71.0 Å². The fraction of sp³-hybridized carbons (Fsp3) is 0.227. The van der Waals surface area contributed by atoms with Gasteiger partial charge in [0.2, 0.25) is 0 Å². The first-order valence-electron chi connectivity index (χ1n) is 9.47. The minimum Gasteiger partial charge on any atom is -0.370 e. The summed E-state index contributed by atoms with van der Waals surface area (Å²) in [6, 6.07) is 15.6. The third kappa shape index (κ3) is 3.51. The van der Waals surface area contributed by atoms with Crippen molar-refractivity contribution in [1.29, 1.82) is 0 Å². The Hall–Kier alpha value is -3.12. The first kappa shape index (κ1) is 19.2. The molecular formula is C22H22ClN5O. The number of hydrogen-bond acceptors (Lipinski definition) is 5. The van der Waals surface area contributed by atoms with E-state index in [9.17, 15) is 4.79 Å². The number of pyridine rings is 2.